The van der Waals surface area contributed by atoms with E-state index >= 15 is 0 Å². The van der Waals surface area contributed by atoms with Crippen LogP contribution in [0.4, 0.5) is 0 Å². The fraction of sp³-hybridized carbons (Fsp3) is 0.632. The monoisotopic (exact) mass is 379 g/mol. The topological polar surface area (TPSA) is 69.7 Å². The van der Waals surface area contributed by atoms with Gasteiger partial charge in [0.15, 0.2) is 0 Å². The van der Waals surface area contributed by atoms with Crippen LogP contribution in [0.1, 0.15) is 49.0 Å². The zero-order valence-electron chi connectivity index (χ0n) is 15.9. The standard InChI is InChI=1S/C19H29N3O3S/c1-14-7-8-17(19(23)22-12-9-20-15(2)16(22)3)13-18(14)26(24,25)21-10-5-4-6-11-21/h7-8,13,15-16,20H,4-6,9-12H2,1-3H3. The molecule has 1 N–H and O–H groups in total. The first-order valence-electron chi connectivity index (χ1n) is 9.47. The Morgan fingerprint density at radius 3 is 2.50 bits per heavy atom. The van der Waals surface area contributed by atoms with Gasteiger partial charge in [0.2, 0.25) is 10.0 Å². The van der Waals surface area contributed by atoms with Gasteiger partial charge in [0.1, 0.15) is 0 Å². The van der Waals surface area contributed by atoms with Crippen molar-refractivity contribution in [1.29, 1.82) is 0 Å². The summed E-state index contributed by atoms with van der Waals surface area (Å²) in [5.41, 5.74) is 1.14. The highest BCUT2D eigenvalue weighted by molar-refractivity contribution is 7.89. The number of nitrogens with zero attached hydrogens (tertiary/aromatic N) is 2. The number of nitrogens with one attached hydrogen (secondary N) is 1. The van der Waals surface area contributed by atoms with Crippen LogP contribution in [0.25, 0.3) is 0 Å². The maximum atomic E-state index is 13.1. The van der Waals surface area contributed by atoms with Gasteiger partial charge in [-0.2, -0.15) is 4.31 Å². The molecule has 0 aliphatic carbocycles. The molecule has 2 atom stereocenters. The van der Waals surface area contributed by atoms with Crippen LogP contribution in [0.15, 0.2) is 23.1 Å². The Kier molecular flexibility index (Phi) is 5.69. The Labute approximate surface area is 156 Å². The minimum Gasteiger partial charge on any atom is -0.333 e. The Hall–Kier alpha value is -1.44. The highest BCUT2D eigenvalue weighted by Gasteiger charge is 2.31. The van der Waals surface area contributed by atoms with Gasteiger partial charge in [-0.3, -0.25) is 4.79 Å². The molecule has 2 heterocycles. The first-order chi connectivity index (χ1) is 12.3. The van der Waals surface area contributed by atoms with Crippen LogP contribution in [-0.2, 0) is 10.0 Å². The van der Waals surface area contributed by atoms with E-state index in [1.807, 2.05) is 11.8 Å². The Morgan fingerprint density at radius 2 is 1.81 bits per heavy atom. The summed E-state index contributed by atoms with van der Waals surface area (Å²) in [6.45, 7) is 8.38. The third kappa shape index (κ3) is 3.66. The lowest BCUT2D eigenvalue weighted by Gasteiger charge is -2.38. The number of carbonyl (C=O) groups is 1. The second-order valence-electron chi connectivity index (χ2n) is 7.43. The van der Waals surface area contributed by atoms with Crippen molar-refractivity contribution < 1.29 is 13.2 Å². The molecule has 0 radical (unpaired) electrons. The molecule has 7 heteroatoms. The summed E-state index contributed by atoms with van der Waals surface area (Å²) < 4.78 is 27.7. The highest BCUT2D eigenvalue weighted by atomic mass is 32.2. The highest BCUT2D eigenvalue weighted by Crippen LogP contribution is 2.25. The summed E-state index contributed by atoms with van der Waals surface area (Å²) in [6, 6.07) is 5.35. The molecule has 2 aliphatic heterocycles. The lowest BCUT2D eigenvalue weighted by atomic mass is 10.0. The van der Waals surface area contributed by atoms with Gasteiger partial charge in [-0.25, -0.2) is 8.42 Å². The van der Waals surface area contributed by atoms with Gasteiger partial charge in [-0.15, -0.1) is 0 Å². The van der Waals surface area contributed by atoms with Crippen LogP contribution in [0, 0.1) is 6.92 Å². The summed E-state index contributed by atoms with van der Waals surface area (Å²) in [6.07, 6.45) is 2.86. The smallest absolute Gasteiger partial charge is 0.254 e. The minimum absolute atomic E-state index is 0.0692. The van der Waals surface area contributed by atoms with Crippen LogP contribution in [-0.4, -0.2) is 61.8 Å². The molecule has 3 rings (SSSR count). The van der Waals surface area contributed by atoms with Gasteiger partial charge in [-0.05, 0) is 51.3 Å². The summed E-state index contributed by atoms with van der Waals surface area (Å²) in [7, 11) is -3.55. The number of carbonyl (C=O) groups excluding carboxylic acids is 1. The zero-order chi connectivity index (χ0) is 18.9. The Bertz CT molecular complexity index is 772. The first kappa shape index (κ1) is 19.3. The van der Waals surface area contributed by atoms with Crippen LogP contribution in [0.5, 0.6) is 0 Å². The Balaban J connectivity index is 1.91. The third-order valence-corrected chi connectivity index (χ3v) is 7.70. The molecular weight excluding hydrogens is 350 g/mol. The van der Waals surface area contributed by atoms with E-state index in [0.717, 1.165) is 25.8 Å². The van der Waals surface area contributed by atoms with Gasteiger partial charge >= 0.3 is 0 Å². The van der Waals surface area contributed by atoms with Gasteiger partial charge in [-0.1, -0.05) is 12.5 Å². The second kappa shape index (κ2) is 7.66. The van der Waals surface area contributed by atoms with Gasteiger partial charge < -0.3 is 10.2 Å². The van der Waals surface area contributed by atoms with E-state index in [2.05, 4.69) is 12.2 Å². The van der Waals surface area contributed by atoms with Crippen molar-refractivity contribution >= 4 is 15.9 Å². The van der Waals surface area contributed by atoms with E-state index in [1.165, 1.54) is 0 Å². The number of piperidine rings is 1. The van der Waals surface area contributed by atoms with Crippen molar-refractivity contribution in [3.05, 3.63) is 29.3 Å². The molecule has 1 aromatic carbocycles. The average Bonchev–Trinajstić information content (AvgIpc) is 2.64. The number of sulfonamides is 1. The quantitative estimate of drug-likeness (QED) is 0.872. The molecular formula is C19H29N3O3S. The molecule has 0 spiro atoms. The number of hydrogen-bond acceptors (Lipinski definition) is 4. The molecule has 2 saturated heterocycles. The number of aryl methyl sites for hydroxylation is 1. The van der Waals surface area contributed by atoms with Crippen LogP contribution < -0.4 is 5.32 Å². The van der Waals surface area contributed by atoms with Gasteiger partial charge in [0, 0.05) is 43.8 Å². The first-order valence-corrected chi connectivity index (χ1v) is 10.9. The van der Waals surface area contributed by atoms with E-state index in [9.17, 15) is 13.2 Å². The largest absolute Gasteiger partial charge is 0.333 e. The van der Waals surface area contributed by atoms with Crippen molar-refractivity contribution in [2.45, 2.75) is 57.0 Å². The molecule has 1 amide bonds. The van der Waals surface area contributed by atoms with Crippen molar-refractivity contribution in [3.8, 4) is 0 Å². The second-order valence-corrected chi connectivity index (χ2v) is 9.33. The fourth-order valence-corrected chi connectivity index (χ4v) is 5.53. The molecule has 0 bridgehead atoms. The van der Waals surface area contributed by atoms with Crippen LogP contribution >= 0.6 is 0 Å². The molecule has 0 aromatic heterocycles. The maximum absolute atomic E-state index is 13.1. The van der Waals surface area contributed by atoms with Crippen molar-refractivity contribution in [2.24, 2.45) is 0 Å². The zero-order valence-corrected chi connectivity index (χ0v) is 16.7. The summed E-state index contributed by atoms with van der Waals surface area (Å²) in [4.78, 5) is 15.1. The van der Waals surface area contributed by atoms with E-state index < -0.39 is 10.0 Å². The van der Waals surface area contributed by atoms with Crippen molar-refractivity contribution in [3.63, 3.8) is 0 Å². The van der Waals surface area contributed by atoms with Crippen LogP contribution in [0.2, 0.25) is 0 Å². The molecule has 0 saturated carbocycles. The fourth-order valence-electron chi connectivity index (χ4n) is 3.76. The van der Waals surface area contributed by atoms with E-state index in [0.29, 0.717) is 30.8 Å². The molecule has 2 aliphatic rings. The lowest BCUT2D eigenvalue weighted by molar-refractivity contribution is 0.0602. The molecule has 1 aromatic rings. The van der Waals surface area contributed by atoms with Crippen molar-refractivity contribution in [1.82, 2.24) is 14.5 Å². The molecule has 2 fully saturated rings. The minimum atomic E-state index is -3.55. The van der Waals surface area contributed by atoms with E-state index in [4.69, 9.17) is 0 Å². The molecule has 144 valence electrons. The number of benzene rings is 1. The summed E-state index contributed by atoms with van der Waals surface area (Å²) in [5.74, 6) is -0.0963. The SMILES string of the molecule is Cc1ccc(C(=O)N2CCNC(C)C2C)cc1S(=O)(=O)N1CCCCC1. The van der Waals surface area contributed by atoms with Gasteiger partial charge in [0.05, 0.1) is 4.90 Å². The predicted molar refractivity (Wildman–Crippen MR) is 102 cm³/mol. The summed E-state index contributed by atoms with van der Waals surface area (Å²) in [5, 5.41) is 3.36. The van der Waals surface area contributed by atoms with E-state index in [1.54, 1.807) is 29.4 Å². The number of rotatable bonds is 3. The number of amides is 1. The molecule has 2 unspecified atom stereocenters. The predicted octanol–water partition coefficient (Wildman–Crippen LogP) is 1.99. The van der Waals surface area contributed by atoms with E-state index in [-0.39, 0.29) is 22.9 Å². The van der Waals surface area contributed by atoms with Crippen molar-refractivity contribution in [2.75, 3.05) is 26.2 Å². The summed E-state index contributed by atoms with van der Waals surface area (Å²) >= 11 is 0. The molecule has 26 heavy (non-hydrogen) atoms. The normalized spacial score (nSPS) is 25.3. The average molecular weight is 380 g/mol. The molecule has 6 nitrogen and oxygen atoms in total. The number of piperazine rings is 1. The third-order valence-electron chi connectivity index (χ3n) is 5.66. The maximum Gasteiger partial charge on any atom is 0.254 e. The number of hydrogen-bond donors (Lipinski definition) is 1. The van der Waals surface area contributed by atoms with Crippen LogP contribution in [0.3, 0.4) is 0 Å². The lowest BCUT2D eigenvalue weighted by Crippen LogP contribution is -2.57. The van der Waals surface area contributed by atoms with Gasteiger partial charge in [0.25, 0.3) is 5.91 Å². The Morgan fingerprint density at radius 1 is 1.12 bits per heavy atom.